The zero-order valence-electron chi connectivity index (χ0n) is 22.8. The first kappa shape index (κ1) is 28.5. The molecule has 4 rings (SSSR count). The standard InChI is InChI=1S/C29H31N7O5/c1-4-40-23-14-8-10-19(27(23)37)17-30-35-26-16-25(32-21-12-6-7-13-22(21)39-3)33-29(34-26)36-31-18-20-11-9-15-24(28(20)38)41-5-2/h6-18,37-38H,4-5H2,1-3H3,(H3,32,33,34,35,36). The summed E-state index contributed by atoms with van der Waals surface area (Å²) in [5.41, 5.74) is 7.23. The Kier molecular flexibility index (Phi) is 9.75. The third-order valence-corrected chi connectivity index (χ3v) is 5.51. The smallest absolute Gasteiger partial charge is 0.247 e. The summed E-state index contributed by atoms with van der Waals surface area (Å²) in [4.78, 5) is 8.89. The number of hydrogen-bond acceptors (Lipinski definition) is 12. The van der Waals surface area contributed by atoms with Crippen LogP contribution in [0.2, 0.25) is 0 Å². The number of nitrogens with one attached hydrogen (secondary N) is 3. The molecule has 1 heterocycles. The number of methoxy groups -OCH3 is 1. The van der Waals surface area contributed by atoms with Crippen molar-refractivity contribution in [2.45, 2.75) is 13.8 Å². The maximum absolute atomic E-state index is 10.4. The van der Waals surface area contributed by atoms with E-state index in [1.807, 2.05) is 38.1 Å². The van der Waals surface area contributed by atoms with Gasteiger partial charge in [-0.05, 0) is 50.2 Å². The fraction of sp³-hybridized carbons (Fsp3) is 0.172. The molecule has 0 aliphatic carbocycles. The van der Waals surface area contributed by atoms with Crippen LogP contribution in [0, 0.1) is 0 Å². The molecule has 12 heteroatoms. The first-order valence-corrected chi connectivity index (χ1v) is 12.8. The molecule has 41 heavy (non-hydrogen) atoms. The number of aromatic hydroxyl groups is 2. The van der Waals surface area contributed by atoms with Gasteiger partial charge in [-0.2, -0.15) is 20.2 Å². The van der Waals surface area contributed by atoms with Crippen molar-refractivity contribution in [3.8, 4) is 28.7 Å². The maximum Gasteiger partial charge on any atom is 0.247 e. The average Bonchev–Trinajstić information content (AvgIpc) is 2.97. The summed E-state index contributed by atoms with van der Waals surface area (Å²) in [5, 5.41) is 32.5. The lowest BCUT2D eigenvalue weighted by molar-refractivity contribution is 0.318. The van der Waals surface area contributed by atoms with Gasteiger partial charge in [0.05, 0.1) is 38.4 Å². The van der Waals surface area contributed by atoms with Gasteiger partial charge in [-0.3, -0.25) is 5.43 Å². The topological polar surface area (TPSA) is 155 Å². The van der Waals surface area contributed by atoms with E-state index < -0.39 is 0 Å². The summed E-state index contributed by atoms with van der Waals surface area (Å²) >= 11 is 0. The van der Waals surface area contributed by atoms with E-state index >= 15 is 0 Å². The van der Waals surface area contributed by atoms with Crippen LogP contribution in [0.5, 0.6) is 28.7 Å². The van der Waals surface area contributed by atoms with Crippen molar-refractivity contribution in [3.63, 3.8) is 0 Å². The van der Waals surface area contributed by atoms with Crippen molar-refractivity contribution >= 4 is 35.7 Å². The first-order chi connectivity index (χ1) is 20.0. The number of phenols is 2. The van der Waals surface area contributed by atoms with Crippen LogP contribution < -0.4 is 30.4 Å². The van der Waals surface area contributed by atoms with Gasteiger partial charge in [0.2, 0.25) is 5.95 Å². The van der Waals surface area contributed by atoms with Gasteiger partial charge in [0.1, 0.15) is 11.6 Å². The van der Waals surface area contributed by atoms with E-state index in [0.29, 0.717) is 58.9 Å². The van der Waals surface area contributed by atoms with E-state index in [1.54, 1.807) is 49.6 Å². The molecule has 0 fully saturated rings. The molecular weight excluding hydrogens is 526 g/mol. The van der Waals surface area contributed by atoms with E-state index in [2.05, 4.69) is 36.3 Å². The zero-order chi connectivity index (χ0) is 29.0. The van der Waals surface area contributed by atoms with Crippen LogP contribution in [-0.4, -0.2) is 52.9 Å². The van der Waals surface area contributed by atoms with Gasteiger partial charge >= 0.3 is 0 Å². The lowest BCUT2D eigenvalue weighted by Gasteiger charge is -2.12. The van der Waals surface area contributed by atoms with E-state index in [1.165, 1.54) is 12.4 Å². The number of para-hydroxylation sites is 4. The van der Waals surface area contributed by atoms with Crippen LogP contribution in [0.25, 0.3) is 0 Å². The van der Waals surface area contributed by atoms with Crippen LogP contribution in [0.15, 0.2) is 76.9 Å². The molecule has 0 saturated carbocycles. The molecule has 1 aromatic heterocycles. The third kappa shape index (κ3) is 7.53. The van der Waals surface area contributed by atoms with Crippen molar-refractivity contribution in [2.75, 3.05) is 36.5 Å². The number of nitrogens with zero attached hydrogens (tertiary/aromatic N) is 4. The number of aromatic nitrogens is 2. The highest BCUT2D eigenvalue weighted by Crippen LogP contribution is 2.30. The van der Waals surface area contributed by atoms with Gasteiger partial charge in [-0.1, -0.05) is 24.3 Å². The van der Waals surface area contributed by atoms with Crippen molar-refractivity contribution in [3.05, 3.63) is 77.9 Å². The lowest BCUT2D eigenvalue weighted by Crippen LogP contribution is -2.05. The van der Waals surface area contributed by atoms with Gasteiger partial charge in [-0.25, -0.2) is 5.43 Å². The molecule has 0 bridgehead atoms. The molecule has 0 saturated heterocycles. The number of benzene rings is 3. The minimum Gasteiger partial charge on any atom is -0.504 e. The van der Waals surface area contributed by atoms with E-state index in [0.717, 1.165) is 0 Å². The highest BCUT2D eigenvalue weighted by Gasteiger charge is 2.10. The zero-order valence-corrected chi connectivity index (χ0v) is 22.8. The molecule has 4 aromatic rings. The molecule has 12 nitrogen and oxygen atoms in total. The summed E-state index contributed by atoms with van der Waals surface area (Å²) in [6.45, 7) is 4.51. The first-order valence-electron chi connectivity index (χ1n) is 12.8. The fourth-order valence-electron chi connectivity index (χ4n) is 3.66. The summed E-state index contributed by atoms with van der Waals surface area (Å²) in [6, 6.07) is 19.3. The van der Waals surface area contributed by atoms with Crippen LogP contribution in [0.3, 0.4) is 0 Å². The fourth-order valence-corrected chi connectivity index (χ4v) is 3.66. The molecule has 0 radical (unpaired) electrons. The Labute approximate surface area is 237 Å². The Morgan fingerprint density at radius 2 is 1.29 bits per heavy atom. The second-order valence-electron chi connectivity index (χ2n) is 8.28. The summed E-state index contributed by atoms with van der Waals surface area (Å²) in [7, 11) is 1.58. The Balaban J connectivity index is 1.58. The van der Waals surface area contributed by atoms with Gasteiger partial charge in [0.25, 0.3) is 0 Å². The molecule has 0 spiro atoms. The molecule has 3 aromatic carbocycles. The van der Waals surface area contributed by atoms with Crippen LogP contribution in [0.4, 0.5) is 23.3 Å². The number of rotatable bonds is 13. The molecule has 212 valence electrons. The van der Waals surface area contributed by atoms with Crippen LogP contribution >= 0.6 is 0 Å². The largest absolute Gasteiger partial charge is 0.504 e. The van der Waals surface area contributed by atoms with Crippen molar-refractivity contribution in [2.24, 2.45) is 10.2 Å². The molecule has 5 N–H and O–H groups in total. The molecule has 0 amide bonds. The molecule has 0 atom stereocenters. The SMILES string of the molecule is CCOc1cccc(C=NNc2cc(Nc3ccccc3OC)nc(NN=Cc3cccc(OCC)c3O)n2)c1O. The van der Waals surface area contributed by atoms with Gasteiger partial charge in [0.15, 0.2) is 28.8 Å². The lowest BCUT2D eigenvalue weighted by atomic mass is 10.2. The van der Waals surface area contributed by atoms with E-state index in [4.69, 9.17) is 14.2 Å². The monoisotopic (exact) mass is 557 g/mol. The van der Waals surface area contributed by atoms with Crippen LogP contribution in [0.1, 0.15) is 25.0 Å². The second-order valence-corrected chi connectivity index (χ2v) is 8.28. The quantitative estimate of drug-likeness (QED) is 0.108. The summed E-state index contributed by atoms with van der Waals surface area (Å²) < 4.78 is 16.3. The Morgan fingerprint density at radius 3 is 1.90 bits per heavy atom. The number of hydrogen-bond donors (Lipinski definition) is 5. The van der Waals surface area contributed by atoms with Gasteiger partial charge in [-0.15, -0.1) is 0 Å². The third-order valence-electron chi connectivity index (χ3n) is 5.51. The summed E-state index contributed by atoms with van der Waals surface area (Å²) in [5.74, 6) is 2.19. The minimum atomic E-state index is -0.0271. The Hall–Kier alpha value is -5.52. The number of phenolic OH excluding ortho intramolecular Hbond substituents is 2. The summed E-state index contributed by atoms with van der Waals surface area (Å²) in [6.07, 6.45) is 2.88. The normalized spacial score (nSPS) is 11.0. The highest BCUT2D eigenvalue weighted by molar-refractivity contribution is 5.86. The second kappa shape index (κ2) is 14.0. The maximum atomic E-state index is 10.4. The predicted octanol–water partition coefficient (Wildman–Crippen LogP) is 5.33. The van der Waals surface area contributed by atoms with Crippen molar-refractivity contribution < 1.29 is 24.4 Å². The van der Waals surface area contributed by atoms with Gasteiger partial charge in [0, 0.05) is 17.2 Å². The Bertz CT molecular complexity index is 1440. The molecule has 0 aliphatic heterocycles. The van der Waals surface area contributed by atoms with E-state index in [9.17, 15) is 10.2 Å². The number of ether oxygens (including phenoxy) is 3. The number of anilines is 4. The highest BCUT2D eigenvalue weighted by atomic mass is 16.5. The molecule has 0 aliphatic rings. The minimum absolute atomic E-state index is 0.0190. The Morgan fingerprint density at radius 1 is 0.732 bits per heavy atom. The molecular formula is C29H31N7O5. The molecule has 0 unspecified atom stereocenters. The van der Waals surface area contributed by atoms with Gasteiger partial charge < -0.3 is 29.7 Å². The van der Waals surface area contributed by atoms with Crippen molar-refractivity contribution in [1.82, 2.24) is 9.97 Å². The average molecular weight is 558 g/mol. The number of hydrazone groups is 2. The predicted molar refractivity (Wildman–Crippen MR) is 159 cm³/mol. The van der Waals surface area contributed by atoms with Crippen molar-refractivity contribution in [1.29, 1.82) is 0 Å². The van der Waals surface area contributed by atoms with E-state index in [-0.39, 0.29) is 17.4 Å². The van der Waals surface area contributed by atoms with Crippen LogP contribution in [-0.2, 0) is 0 Å².